The maximum Gasteiger partial charge on any atom is 0.253 e. The lowest BCUT2D eigenvalue weighted by Crippen LogP contribution is -2.45. The van der Waals surface area contributed by atoms with Gasteiger partial charge in [0.25, 0.3) is 11.8 Å². The lowest BCUT2D eigenvalue weighted by molar-refractivity contribution is -0.130. The van der Waals surface area contributed by atoms with Gasteiger partial charge in [-0.2, -0.15) is 10.5 Å². The topological polar surface area (TPSA) is 151 Å². The molecule has 1 unspecified atom stereocenters. The minimum Gasteiger partial charge on any atom is -0.345 e. The van der Waals surface area contributed by atoms with Gasteiger partial charge in [0.2, 0.25) is 5.91 Å². The summed E-state index contributed by atoms with van der Waals surface area (Å²) in [6.07, 6.45) is 3.26. The van der Waals surface area contributed by atoms with Crippen molar-refractivity contribution < 1.29 is 14.4 Å². The Morgan fingerprint density at radius 1 is 1.05 bits per heavy atom. The monoisotopic (exact) mass is 597 g/mol. The Balaban J connectivity index is 1.60. The molecule has 1 fully saturated rings. The number of aromatic nitrogens is 4. The average Bonchev–Trinajstić information content (AvgIpc) is 3.71. The minimum absolute atomic E-state index is 0.0912. The van der Waals surface area contributed by atoms with Crippen LogP contribution in [0.2, 0.25) is 0 Å². The quantitative estimate of drug-likeness (QED) is 0.400. The number of carbonyl (C=O) groups excluding carboxylic acids is 3. The fourth-order valence-electron chi connectivity index (χ4n) is 6.62. The number of aryl methyl sites for hydroxylation is 2. The molecule has 1 aromatic heterocycles. The number of nitrogens with zero attached hydrogens (tertiary/aromatic N) is 7. The highest BCUT2D eigenvalue weighted by molar-refractivity contribution is 5.95. The fourth-order valence-corrected chi connectivity index (χ4v) is 6.62. The number of H-pyrrole nitrogens is 1. The number of aromatic amines is 1. The average molecular weight is 598 g/mol. The van der Waals surface area contributed by atoms with E-state index >= 15 is 0 Å². The van der Waals surface area contributed by atoms with Gasteiger partial charge in [-0.25, -0.2) is 0 Å². The molecule has 0 spiro atoms. The van der Waals surface area contributed by atoms with Crippen LogP contribution in [0.4, 0.5) is 0 Å². The van der Waals surface area contributed by atoms with Crippen molar-refractivity contribution in [3.8, 4) is 6.07 Å². The summed E-state index contributed by atoms with van der Waals surface area (Å²) in [6, 6.07) is 13.2. The molecule has 3 amide bonds. The molecule has 0 bridgehead atoms. The van der Waals surface area contributed by atoms with Gasteiger partial charge in [-0.3, -0.25) is 14.4 Å². The molecule has 44 heavy (non-hydrogen) atoms. The van der Waals surface area contributed by atoms with Crippen molar-refractivity contribution in [2.45, 2.75) is 56.5 Å². The van der Waals surface area contributed by atoms with Gasteiger partial charge in [-0.05, 0) is 85.5 Å². The Kier molecular flexibility index (Phi) is 8.78. The van der Waals surface area contributed by atoms with E-state index in [0.717, 1.165) is 28.7 Å². The van der Waals surface area contributed by atoms with Crippen LogP contribution in [0.5, 0.6) is 0 Å². The van der Waals surface area contributed by atoms with Crippen LogP contribution in [-0.4, -0.2) is 106 Å². The Hall–Kier alpha value is -4.63. The molecule has 2 N–H and O–H groups in total. The molecular weight excluding hydrogens is 558 g/mol. The maximum atomic E-state index is 13.1. The van der Waals surface area contributed by atoms with Crippen LogP contribution in [0.15, 0.2) is 36.4 Å². The third-order valence-electron chi connectivity index (χ3n) is 8.76. The Bertz CT molecular complexity index is 1520. The lowest BCUT2D eigenvalue weighted by atomic mass is 9.67. The van der Waals surface area contributed by atoms with Crippen LogP contribution in [0, 0.1) is 11.3 Å². The number of rotatable bonds is 8. The SMILES string of the molecule is C[C@H](CC1(c2nn[nH]n2)c2ccc(C(=O)N(C)C)cc2CCc2cc(C(=O)N(C)C)ccc21)NCC(=O)N1CCCC1C#N. The summed E-state index contributed by atoms with van der Waals surface area (Å²) in [4.78, 5) is 43.8. The molecule has 2 atom stereocenters. The second-order valence-corrected chi connectivity index (χ2v) is 12.1. The number of nitrogens with one attached hydrogen (secondary N) is 2. The zero-order valence-electron chi connectivity index (χ0n) is 25.9. The van der Waals surface area contributed by atoms with E-state index in [0.29, 0.717) is 49.2 Å². The van der Waals surface area contributed by atoms with Crippen LogP contribution in [0.25, 0.3) is 0 Å². The number of amides is 3. The first-order valence-electron chi connectivity index (χ1n) is 14.9. The smallest absolute Gasteiger partial charge is 0.253 e. The highest BCUT2D eigenvalue weighted by Gasteiger charge is 2.46. The fraction of sp³-hybridized carbons (Fsp3) is 0.469. The number of hydrogen-bond acceptors (Lipinski definition) is 8. The first kappa shape index (κ1) is 30.8. The summed E-state index contributed by atoms with van der Waals surface area (Å²) < 4.78 is 0. The van der Waals surface area contributed by atoms with Crippen LogP contribution in [0.3, 0.4) is 0 Å². The van der Waals surface area contributed by atoms with Crippen molar-refractivity contribution in [2.24, 2.45) is 0 Å². The molecule has 1 saturated heterocycles. The zero-order chi connectivity index (χ0) is 31.6. The second kappa shape index (κ2) is 12.5. The predicted molar refractivity (Wildman–Crippen MR) is 163 cm³/mol. The highest BCUT2D eigenvalue weighted by atomic mass is 16.2. The summed E-state index contributed by atoms with van der Waals surface area (Å²) >= 11 is 0. The zero-order valence-corrected chi connectivity index (χ0v) is 25.9. The van der Waals surface area contributed by atoms with Crippen LogP contribution >= 0.6 is 0 Å². The molecule has 2 aliphatic rings. The van der Waals surface area contributed by atoms with Gasteiger partial charge in [0.05, 0.1) is 18.0 Å². The molecule has 1 aliphatic carbocycles. The summed E-state index contributed by atoms with van der Waals surface area (Å²) in [5.41, 5.74) is 4.12. The van der Waals surface area contributed by atoms with Crippen LogP contribution in [0.1, 0.15) is 75.0 Å². The number of hydrogen-bond donors (Lipinski definition) is 2. The number of nitriles is 1. The molecule has 2 heterocycles. The van der Waals surface area contributed by atoms with E-state index in [-0.39, 0.29) is 36.3 Å². The van der Waals surface area contributed by atoms with E-state index in [1.165, 1.54) is 0 Å². The molecule has 12 heteroatoms. The van der Waals surface area contributed by atoms with Crippen molar-refractivity contribution in [1.82, 2.24) is 40.6 Å². The molecule has 3 aromatic rings. The summed E-state index contributed by atoms with van der Waals surface area (Å²) in [5, 5.41) is 28.5. The molecule has 0 radical (unpaired) electrons. The van der Waals surface area contributed by atoms with Crippen molar-refractivity contribution in [3.05, 3.63) is 75.6 Å². The number of tetrazole rings is 1. The third kappa shape index (κ3) is 5.67. The molecule has 230 valence electrons. The van der Waals surface area contributed by atoms with E-state index in [4.69, 9.17) is 0 Å². The van der Waals surface area contributed by atoms with E-state index in [9.17, 15) is 19.6 Å². The predicted octanol–water partition coefficient (Wildman–Crippen LogP) is 1.92. The highest BCUT2D eigenvalue weighted by Crippen LogP contribution is 2.47. The Morgan fingerprint density at radius 2 is 1.64 bits per heavy atom. The van der Waals surface area contributed by atoms with E-state index in [1.54, 1.807) is 42.9 Å². The van der Waals surface area contributed by atoms with Crippen LogP contribution < -0.4 is 5.32 Å². The molecule has 12 nitrogen and oxygen atoms in total. The number of benzene rings is 2. The summed E-state index contributed by atoms with van der Waals surface area (Å²) in [5.74, 6) is 0.175. The largest absolute Gasteiger partial charge is 0.345 e. The molecule has 0 saturated carbocycles. The normalized spacial score (nSPS) is 17.5. The first-order valence-corrected chi connectivity index (χ1v) is 14.9. The lowest BCUT2D eigenvalue weighted by Gasteiger charge is -2.36. The van der Waals surface area contributed by atoms with Gasteiger partial charge < -0.3 is 20.0 Å². The van der Waals surface area contributed by atoms with E-state index in [1.807, 2.05) is 43.3 Å². The van der Waals surface area contributed by atoms with Gasteiger partial charge in [0.1, 0.15) is 6.04 Å². The van der Waals surface area contributed by atoms with Gasteiger partial charge in [0, 0.05) is 51.9 Å². The summed E-state index contributed by atoms with van der Waals surface area (Å²) in [6.45, 7) is 2.69. The first-order chi connectivity index (χ1) is 21.1. The minimum atomic E-state index is -0.911. The van der Waals surface area contributed by atoms with Crippen molar-refractivity contribution in [3.63, 3.8) is 0 Å². The Labute approximate surface area is 257 Å². The van der Waals surface area contributed by atoms with Gasteiger partial charge in [-0.1, -0.05) is 17.3 Å². The van der Waals surface area contributed by atoms with Crippen molar-refractivity contribution in [2.75, 3.05) is 41.3 Å². The summed E-state index contributed by atoms with van der Waals surface area (Å²) in [7, 11) is 6.91. The van der Waals surface area contributed by atoms with E-state index < -0.39 is 5.41 Å². The van der Waals surface area contributed by atoms with Gasteiger partial charge in [0.15, 0.2) is 5.82 Å². The second-order valence-electron chi connectivity index (χ2n) is 12.1. The van der Waals surface area contributed by atoms with E-state index in [2.05, 4.69) is 32.0 Å². The van der Waals surface area contributed by atoms with Crippen molar-refractivity contribution in [1.29, 1.82) is 5.26 Å². The van der Waals surface area contributed by atoms with Gasteiger partial charge in [-0.15, -0.1) is 10.2 Å². The maximum absolute atomic E-state index is 13.1. The molecule has 5 rings (SSSR count). The third-order valence-corrected chi connectivity index (χ3v) is 8.76. The molecule has 2 aromatic carbocycles. The number of carbonyl (C=O) groups is 3. The number of fused-ring (bicyclic) bond motifs is 2. The van der Waals surface area contributed by atoms with Crippen molar-refractivity contribution >= 4 is 17.7 Å². The van der Waals surface area contributed by atoms with Gasteiger partial charge >= 0.3 is 0 Å². The Morgan fingerprint density at radius 3 is 2.14 bits per heavy atom. The standard InChI is InChI=1S/C32H39N9O3/c1-20(34-19-28(42)41-14-6-7-25(41)18-33)17-32(31-35-37-38-36-31)26-12-10-23(29(43)39(2)3)15-21(26)8-9-22-16-24(11-13-27(22)32)30(44)40(4)5/h10-13,15-16,20,25,34H,6-9,14,17,19H2,1-5H3,(H,35,36,37,38)/t20-,25?/m1/s1. The number of likely N-dealkylation sites (tertiary alicyclic amines) is 1. The molecule has 1 aliphatic heterocycles. The molecular formula is C32H39N9O3. The van der Waals surface area contributed by atoms with Crippen LogP contribution in [-0.2, 0) is 23.1 Å².